The van der Waals surface area contributed by atoms with E-state index in [1.54, 1.807) is 36.4 Å². The van der Waals surface area contributed by atoms with Gasteiger partial charge in [0.25, 0.3) is 11.4 Å². The van der Waals surface area contributed by atoms with Crippen molar-refractivity contribution in [3.05, 3.63) is 85.8 Å². The molecule has 0 amide bonds. The van der Waals surface area contributed by atoms with Crippen LogP contribution in [-0.4, -0.2) is 9.85 Å². The molecular weight excluding hydrogens is 284 g/mol. The van der Waals surface area contributed by atoms with Crippen LogP contribution in [0.3, 0.4) is 0 Å². The molecule has 0 saturated heterocycles. The summed E-state index contributed by atoms with van der Waals surface area (Å²) in [4.78, 5) is 21.6. The van der Waals surface area contributed by atoms with Gasteiger partial charge in [-0.3, -0.25) is 20.2 Å². The monoisotopic (exact) mass is 299 g/mol. The van der Waals surface area contributed by atoms with E-state index in [0.717, 1.165) is 5.92 Å². The molecular formula is C16H15N2O4. The van der Waals surface area contributed by atoms with Gasteiger partial charge in [0.2, 0.25) is 0 Å². The van der Waals surface area contributed by atoms with Gasteiger partial charge in [-0.2, -0.15) is 0 Å². The summed E-state index contributed by atoms with van der Waals surface area (Å²) in [6.07, 6.45) is 0. The van der Waals surface area contributed by atoms with Crippen LogP contribution in [0.5, 0.6) is 0 Å². The molecule has 0 aliphatic carbocycles. The van der Waals surface area contributed by atoms with Crippen LogP contribution in [0.1, 0.15) is 30.9 Å². The summed E-state index contributed by atoms with van der Waals surface area (Å²) < 4.78 is 0. The highest BCUT2D eigenvalue weighted by Gasteiger charge is 2.30. The predicted molar refractivity (Wildman–Crippen MR) is 82.6 cm³/mol. The lowest BCUT2D eigenvalue weighted by atomic mass is 9.81. The van der Waals surface area contributed by atoms with E-state index in [9.17, 15) is 20.2 Å². The Balaban J connectivity index is 2.68. The van der Waals surface area contributed by atoms with Crippen molar-refractivity contribution in [3.63, 3.8) is 0 Å². The zero-order valence-electron chi connectivity index (χ0n) is 12.2. The molecule has 0 saturated carbocycles. The smallest absolute Gasteiger partial charge is 0.258 e. The number of hydrogen-bond donors (Lipinski definition) is 0. The zero-order valence-corrected chi connectivity index (χ0v) is 12.2. The summed E-state index contributed by atoms with van der Waals surface area (Å²) in [5, 5.41) is 22.5. The number of hydrogen-bond acceptors (Lipinski definition) is 4. The molecule has 6 nitrogen and oxygen atoms in total. The SMILES string of the molecule is C[C](C)C(c1ccccc1[N+](=O)[O-])c1ccccc1[N+](=O)[O-]. The number of nitro groups is 2. The topological polar surface area (TPSA) is 86.3 Å². The number of para-hydroxylation sites is 2. The molecule has 0 N–H and O–H groups in total. The fraction of sp³-hybridized carbons (Fsp3) is 0.188. The normalized spacial score (nSPS) is 10.9. The van der Waals surface area contributed by atoms with Crippen molar-refractivity contribution in [2.75, 3.05) is 0 Å². The average Bonchev–Trinajstić information content (AvgIpc) is 2.47. The second-order valence-corrected chi connectivity index (χ2v) is 5.14. The van der Waals surface area contributed by atoms with Crippen molar-refractivity contribution in [2.45, 2.75) is 19.8 Å². The Morgan fingerprint density at radius 1 is 0.818 bits per heavy atom. The van der Waals surface area contributed by atoms with Crippen molar-refractivity contribution in [1.29, 1.82) is 0 Å². The molecule has 0 aliphatic heterocycles. The van der Waals surface area contributed by atoms with Gasteiger partial charge in [0.1, 0.15) is 0 Å². The molecule has 2 aromatic carbocycles. The van der Waals surface area contributed by atoms with E-state index in [4.69, 9.17) is 0 Å². The number of nitro benzene ring substituents is 2. The van der Waals surface area contributed by atoms with Crippen LogP contribution >= 0.6 is 0 Å². The van der Waals surface area contributed by atoms with E-state index in [0.29, 0.717) is 11.1 Å². The first-order valence-electron chi connectivity index (χ1n) is 6.70. The second kappa shape index (κ2) is 6.34. The molecule has 0 unspecified atom stereocenters. The Morgan fingerprint density at radius 3 is 1.50 bits per heavy atom. The van der Waals surface area contributed by atoms with Gasteiger partial charge in [-0.05, 0) is 5.92 Å². The van der Waals surface area contributed by atoms with Gasteiger partial charge in [-0.25, -0.2) is 0 Å². The van der Waals surface area contributed by atoms with Crippen molar-refractivity contribution in [3.8, 4) is 0 Å². The van der Waals surface area contributed by atoms with Crippen LogP contribution in [0.2, 0.25) is 0 Å². The third-order valence-corrected chi connectivity index (χ3v) is 3.47. The van der Waals surface area contributed by atoms with Gasteiger partial charge in [-0.15, -0.1) is 0 Å². The van der Waals surface area contributed by atoms with Gasteiger partial charge >= 0.3 is 0 Å². The van der Waals surface area contributed by atoms with Gasteiger partial charge in [0, 0.05) is 29.2 Å². The van der Waals surface area contributed by atoms with Gasteiger partial charge < -0.3 is 0 Å². The third-order valence-electron chi connectivity index (χ3n) is 3.47. The first kappa shape index (κ1) is 15.6. The molecule has 1 radical (unpaired) electrons. The lowest BCUT2D eigenvalue weighted by molar-refractivity contribution is -0.386. The molecule has 0 bridgehead atoms. The number of rotatable bonds is 5. The minimum absolute atomic E-state index is 0.0353. The van der Waals surface area contributed by atoms with Crippen molar-refractivity contribution in [2.24, 2.45) is 0 Å². The minimum Gasteiger partial charge on any atom is -0.258 e. The Kier molecular flexibility index (Phi) is 4.50. The standard InChI is InChI=1S/C16H15N2O4/c1-11(2)16(12-7-3-5-9-14(12)17(19)20)13-8-4-6-10-15(13)18(21)22/h3-10,16H,1-2H3. The summed E-state index contributed by atoms with van der Waals surface area (Å²) in [7, 11) is 0. The summed E-state index contributed by atoms with van der Waals surface area (Å²) >= 11 is 0. The maximum atomic E-state index is 11.3. The second-order valence-electron chi connectivity index (χ2n) is 5.14. The minimum atomic E-state index is -0.497. The molecule has 0 spiro atoms. The van der Waals surface area contributed by atoms with Crippen LogP contribution < -0.4 is 0 Å². The fourth-order valence-corrected chi connectivity index (χ4v) is 2.59. The molecule has 0 heterocycles. The first-order valence-corrected chi connectivity index (χ1v) is 6.70. The summed E-state index contributed by atoms with van der Waals surface area (Å²) in [6, 6.07) is 12.7. The number of nitrogens with zero attached hydrogens (tertiary/aromatic N) is 2. The largest absolute Gasteiger partial charge is 0.273 e. The maximum Gasteiger partial charge on any atom is 0.273 e. The van der Waals surface area contributed by atoms with Crippen LogP contribution in [0.15, 0.2) is 48.5 Å². The summed E-state index contributed by atoms with van der Waals surface area (Å²) in [5.74, 6) is 0.354. The van der Waals surface area contributed by atoms with Gasteiger partial charge in [0.05, 0.1) is 9.85 Å². The van der Waals surface area contributed by atoms with Crippen molar-refractivity contribution < 1.29 is 9.85 Å². The highest BCUT2D eigenvalue weighted by atomic mass is 16.6. The zero-order chi connectivity index (χ0) is 16.3. The summed E-state index contributed by atoms with van der Waals surface area (Å²) in [5.41, 5.74) is 0.849. The number of benzene rings is 2. The lowest BCUT2D eigenvalue weighted by Gasteiger charge is -2.21. The molecule has 22 heavy (non-hydrogen) atoms. The molecule has 2 aromatic rings. The quantitative estimate of drug-likeness (QED) is 0.610. The van der Waals surface area contributed by atoms with E-state index < -0.39 is 15.8 Å². The van der Waals surface area contributed by atoms with E-state index in [2.05, 4.69) is 0 Å². The molecule has 0 fully saturated rings. The molecule has 2 rings (SSSR count). The highest BCUT2D eigenvalue weighted by Crippen LogP contribution is 2.41. The van der Waals surface area contributed by atoms with Crippen LogP contribution in [0, 0.1) is 26.1 Å². The van der Waals surface area contributed by atoms with Crippen molar-refractivity contribution in [1.82, 2.24) is 0 Å². The lowest BCUT2D eigenvalue weighted by Crippen LogP contribution is -2.11. The Labute approximate surface area is 127 Å². The van der Waals surface area contributed by atoms with Crippen LogP contribution in [0.25, 0.3) is 0 Å². The van der Waals surface area contributed by atoms with Crippen LogP contribution in [0.4, 0.5) is 11.4 Å². The Bertz CT molecular complexity index is 655. The molecule has 0 atom stereocenters. The van der Waals surface area contributed by atoms with Gasteiger partial charge in [0.15, 0.2) is 0 Å². The van der Waals surface area contributed by atoms with E-state index in [-0.39, 0.29) is 11.4 Å². The summed E-state index contributed by atoms with van der Waals surface area (Å²) in [6.45, 7) is 3.64. The maximum absolute atomic E-state index is 11.3. The van der Waals surface area contributed by atoms with E-state index in [1.165, 1.54) is 12.1 Å². The highest BCUT2D eigenvalue weighted by molar-refractivity contribution is 5.55. The molecule has 113 valence electrons. The van der Waals surface area contributed by atoms with Crippen molar-refractivity contribution >= 4 is 11.4 Å². The predicted octanol–water partition coefficient (Wildman–Crippen LogP) is 4.25. The van der Waals surface area contributed by atoms with E-state index >= 15 is 0 Å². The van der Waals surface area contributed by atoms with Gasteiger partial charge in [-0.1, -0.05) is 50.2 Å². The Hall–Kier alpha value is -2.76. The molecule has 6 heteroatoms. The first-order chi connectivity index (χ1) is 10.4. The average molecular weight is 299 g/mol. The molecule has 0 aromatic heterocycles. The van der Waals surface area contributed by atoms with Crippen LogP contribution in [-0.2, 0) is 0 Å². The third kappa shape index (κ3) is 2.95. The molecule has 0 aliphatic rings. The van der Waals surface area contributed by atoms with E-state index in [1.807, 2.05) is 13.8 Å². The Morgan fingerprint density at radius 2 is 1.18 bits per heavy atom. The fourth-order valence-electron chi connectivity index (χ4n) is 2.59.